The van der Waals surface area contributed by atoms with Crippen LogP contribution in [0.4, 0.5) is 0 Å². The van der Waals surface area contributed by atoms with Crippen molar-refractivity contribution in [1.82, 2.24) is 0 Å². The van der Waals surface area contributed by atoms with Gasteiger partial charge in [-0.3, -0.25) is 9.35 Å². The first kappa shape index (κ1) is 20.6. The predicted octanol–water partition coefficient (Wildman–Crippen LogP) is 4.39. The highest BCUT2D eigenvalue weighted by Crippen LogP contribution is 2.36. The van der Waals surface area contributed by atoms with Gasteiger partial charge in [-0.25, -0.2) is 0 Å². The Kier molecular flexibility index (Phi) is 8.42. The second-order valence-corrected chi connectivity index (χ2v) is 7.85. The van der Waals surface area contributed by atoms with Crippen LogP contribution in [-0.4, -0.2) is 24.0 Å². The molecule has 0 spiro atoms. The molecule has 1 aromatic carbocycles. The van der Waals surface area contributed by atoms with E-state index in [2.05, 4.69) is 6.92 Å². The third-order valence-electron chi connectivity index (χ3n) is 4.41. The van der Waals surface area contributed by atoms with Gasteiger partial charge in [0.15, 0.2) is 0 Å². The molecular formula is C18H28O5S. The fourth-order valence-electron chi connectivity index (χ4n) is 2.98. The second-order valence-electron chi connectivity index (χ2n) is 6.20. The number of hydrogen-bond acceptors (Lipinski definition) is 3. The standard InChI is InChI=1S/C18H28O5S/c1-2-3-4-5-6-7-8-12-15-18(17(19)20,24(21,22)23)16-13-10-9-11-14-16/h9-11,13-14H,2-8,12,15H2,1H3,(H,19,20)(H,21,22,23). The first-order valence-corrected chi connectivity index (χ1v) is 10.1. The van der Waals surface area contributed by atoms with E-state index in [-0.39, 0.29) is 12.0 Å². The predicted molar refractivity (Wildman–Crippen MR) is 94.5 cm³/mol. The Labute approximate surface area is 144 Å². The molecule has 2 N–H and O–H groups in total. The summed E-state index contributed by atoms with van der Waals surface area (Å²) in [4.78, 5) is 11.8. The Morgan fingerprint density at radius 3 is 1.92 bits per heavy atom. The topological polar surface area (TPSA) is 91.7 Å². The molecule has 0 bridgehead atoms. The molecular weight excluding hydrogens is 328 g/mol. The van der Waals surface area contributed by atoms with Crippen molar-refractivity contribution in [2.75, 3.05) is 0 Å². The summed E-state index contributed by atoms with van der Waals surface area (Å²) < 4.78 is 31.2. The first-order chi connectivity index (χ1) is 11.4. The molecule has 0 saturated heterocycles. The fraction of sp³-hybridized carbons (Fsp3) is 0.611. The molecule has 6 heteroatoms. The molecule has 1 aromatic rings. The normalized spacial score (nSPS) is 14.2. The molecule has 0 aromatic heterocycles. The quantitative estimate of drug-likeness (QED) is 0.428. The summed E-state index contributed by atoms with van der Waals surface area (Å²) >= 11 is 0. The van der Waals surface area contributed by atoms with Crippen molar-refractivity contribution < 1.29 is 22.9 Å². The summed E-state index contributed by atoms with van der Waals surface area (Å²) in [6, 6.07) is 7.70. The highest BCUT2D eigenvalue weighted by molar-refractivity contribution is 7.87. The Morgan fingerprint density at radius 2 is 1.46 bits per heavy atom. The van der Waals surface area contributed by atoms with Gasteiger partial charge in [0, 0.05) is 0 Å². The Balaban J connectivity index is 2.73. The van der Waals surface area contributed by atoms with Gasteiger partial charge < -0.3 is 5.11 Å². The second kappa shape index (κ2) is 9.79. The highest BCUT2D eigenvalue weighted by atomic mass is 32.2. The van der Waals surface area contributed by atoms with Crippen LogP contribution in [0.5, 0.6) is 0 Å². The zero-order chi connectivity index (χ0) is 18.1. The van der Waals surface area contributed by atoms with Gasteiger partial charge in [-0.1, -0.05) is 88.6 Å². The monoisotopic (exact) mass is 356 g/mol. The maximum Gasteiger partial charge on any atom is 0.332 e. The van der Waals surface area contributed by atoms with E-state index in [4.69, 9.17) is 0 Å². The van der Waals surface area contributed by atoms with Crippen LogP contribution >= 0.6 is 0 Å². The maximum atomic E-state index is 11.9. The third-order valence-corrected chi connectivity index (χ3v) is 5.90. The van der Waals surface area contributed by atoms with Crippen LogP contribution in [0.1, 0.15) is 70.3 Å². The minimum Gasteiger partial charge on any atom is -0.480 e. The van der Waals surface area contributed by atoms with Crippen molar-refractivity contribution in [3.8, 4) is 0 Å². The molecule has 0 radical (unpaired) electrons. The van der Waals surface area contributed by atoms with E-state index in [1.165, 1.54) is 31.4 Å². The summed E-state index contributed by atoms with van der Waals surface area (Å²) in [6.45, 7) is 2.16. The minimum absolute atomic E-state index is 0.0999. The fourth-order valence-corrected chi connectivity index (χ4v) is 4.04. The lowest BCUT2D eigenvalue weighted by Gasteiger charge is -2.26. The van der Waals surface area contributed by atoms with E-state index >= 15 is 0 Å². The van der Waals surface area contributed by atoms with E-state index in [1.807, 2.05) is 0 Å². The number of carboxylic acid groups (broad SMARTS) is 1. The molecule has 5 nitrogen and oxygen atoms in total. The number of benzene rings is 1. The van der Waals surface area contributed by atoms with Crippen molar-refractivity contribution in [3.63, 3.8) is 0 Å². The van der Waals surface area contributed by atoms with Crippen LogP contribution in [0.3, 0.4) is 0 Å². The van der Waals surface area contributed by atoms with Crippen LogP contribution in [0.15, 0.2) is 30.3 Å². The maximum absolute atomic E-state index is 11.9. The highest BCUT2D eigenvalue weighted by Gasteiger charge is 2.51. The molecule has 24 heavy (non-hydrogen) atoms. The Bertz CT molecular complexity index is 597. The van der Waals surface area contributed by atoms with Gasteiger partial charge in [-0.05, 0) is 12.0 Å². The summed E-state index contributed by atoms with van der Waals surface area (Å²) in [7, 11) is -4.78. The van der Waals surface area contributed by atoms with Gasteiger partial charge in [0.05, 0.1) is 0 Å². The average Bonchev–Trinajstić information content (AvgIpc) is 2.53. The number of unbranched alkanes of at least 4 members (excludes halogenated alkanes) is 7. The third kappa shape index (κ3) is 5.31. The summed E-state index contributed by atoms with van der Waals surface area (Å²) in [5.74, 6) is -1.53. The Hall–Kier alpha value is -1.40. The minimum atomic E-state index is -4.78. The van der Waals surface area contributed by atoms with Crippen LogP contribution in [0, 0.1) is 0 Å². The zero-order valence-electron chi connectivity index (χ0n) is 14.3. The van der Waals surface area contributed by atoms with Gasteiger partial charge in [-0.2, -0.15) is 8.42 Å². The van der Waals surface area contributed by atoms with Gasteiger partial charge in [0.2, 0.25) is 4.75 Å². The van der Waals surface area contributed by atoms with Crippen LogP contribution in [-0.2, 0) is 19.7 Å². The van der Waals surface area contributed by atoms with Crippen LogP contribution < -0.4 is 0 Å². The number of carbonyl (C=O) groups is 1. The molecule has 0 fully saturated rings. The lowest BCUT2D eigenvalue weighted by molar-refractivity contribution is -0.140. The lowest BCUT2D eigenvalue weighted by atomic mass is 9.92. The molecule has 1 rings (SSSR count). The van der Waals surface area contributed by atoms with Crippen LogP contribution in [0.25, 0.3) is 0 Å². The molecule has 1 unspecified atom stereocenters. The zero-order valence-corrected chi connectivity index (χ0v) is 15.1. The van der Waals surface area contributed by atoms with Crippen LogP contribution in [0.2, 0.25) is 0 Å². The summed E-state index contributed by atoms with van der Waals surface area (Å²) in [6.07, 6.45) is 7.83. The Morgan fingerprint density at radius 1 is 0.958 bits per heavy atom. The SMILES string of the molecule is CCCCCCCCCCC(C(=O)O)(c1ccccc1)S(=O)(=O)O. The molecule has 0 aliphatic heterocycles. The van der Waals surface area contributed by atoms with E-state index in [9.17, 15) is 22.9 Å². The van der Waals surface area contributed by atoms with E-state index in [1.54, 1.807) is 18.2 Å². The van der Waals surface area contributed by atoms with E-state index in [0.29, 0.717) is 6.42 Å². The van der Waals surface area contributed by atoms with Gasteiger partial charge in [-0.15, -0.1) is 0 Å². The van der Waals surface area contributed by atoms with Gasteiger partial charge in [0.1, 0.15) is 0 Å². The number of rotatable bonds is 12. The van der Waals surface area contributed by atoms with Crippen molar-refractivity contribution >= 4 is 16.1 Å². The molecule has 136 valence electrons. The first-order valence-electron chi connectivity index (χ1n) is 8.62. The number of hydrogen-bond donors (Lipinski definition) is 2. The molecule has 0 heterocycles. The van der Waals surface area contributed by atoms with Gasteiger partial charge >= 0.3 is 5.97 Å². The molecule has 0 aliphatic rings. The van der Waals surface area contributed by atoms with Crippen molar-refractivity contribution in [3.05, 3.63) is 35.9 Å². The molecule has 0 amide bonds. The smallest absolute Gasteiger partial charge is 0.332 e. The van der Waals surface area contributed by atoms with Gasteiger partial charge in [0.25, 0.3) is 10.1 Å². The van der Waals surface area contributed by atoms with Crippen molar-refractivity contribution in [2.24, 2.45) is 0 Å². The number of aliphatic carboxylic acids is 1. The van der Waals surface area contributed by atoms with Crippen molar-refractivity contribution in [1.29, 1.82) is 0 Å². The van der Waals surface area contributed by atoms with E-state index in [0.717, 1.165) is 25.7 Å². The van der Waals surface area contributed by atoms with E-state index < -0.39 is 20.8 Å². The van der Waals surface area contributed by atoms with Crippen molar-refractivity contribution in [2.45, 2.75) is 69.5 Å². The summed E-state index contributed by atoms with van der Waals surface area (Å²) in [5, 5.41) is 9.57. The molecule has 1 atom stereocenters. The molecule has 0 saturated carbocycles. The number of carboxylic acids is 1. The molecule has 0 aliphatic carbocycles. The average molecular weight is 356 g/mol. The largest absolute Gasteiger partial charge is 0.480 e. The summed E-state index contributed by atoms with van der Waals surface area (Å²) in [5.41, 5.74) is 0.0999. The lowest BCUT2D eigenvalue weighted by Crippen LogP contribution is -2.43.